The minimum atomic E-state index is -0.263. The first-order valence-corrected chi connectivity index (χ1v) is 8.66. The summed E-state index contributed by atoms with van der Waals surface area (Å²) in [5.74, 6) is -0.686. The van der Waals surface area contributed by atoms with Crippen LogP contribution in [0.5, 0.6) is 0 Å². The Bertz CT molecular complexity index is 844. The zero-order chi connectivity index (χ0) is 18.7. The van der Waals surface area contributed by atoms with Crippen molar-refractivity contribution in [2.45, 2.75) is 19.9 Å². The van der Waals surface area contributed by atoms with Crippen LogP contribution in [-0.2, 0) is 9.59 Å². The van der Waals surface area contributed by atoms with E-state index < -0.39 is 0 Å². The van der Waals surface area contributed by atoms with Gasteiger partial charge in [0.15, 0.2) is 0 Å². The second kappa shape index (κ2) is 7.51. The van der Waals surface area contributed by atoms with Crippen LogP contribution in [0.4, 0.5) is 0 Å². The van der Waals surface area contributed by atoms with Crippen molar-refractivity contribution in [1.29, 1.82) is 0 Å². The Morgan fingerprint density at radius 2 is 1.96 bits per heavy atom. The quantitative estimate of drug-likeness (QED) is 0.889. The number of nitrogens with zero attached hydrogens (tertiary/aromatic N) is 3. The molecule has 7 nitrogen and oxygen atoms in total. The fourth-order valence-corrected chi connectivity index (χ4v) is 3.03. The first-order chi connectivity index (χ1) is 12.5. The first kappa shape index (κ1) is 17.8. The monoisotopic (exact) mass is 354 g/mol. The van der Waals surface area contributed by atoms with Crippen molar-refractivity contribution in [1.82, 2.24) is 20.1 Å². The average molecular weight is 354 g/mol. The molecule has 0 atom stereocenters. The van der Waals surface area contributed by atoms with Gasteiger partial charge in [0.1, 0.15) is 12.2 Å². The van der Waals surface area contributed by atoms with E-state index in [1.54, 1.807) is 6.20 Å². The molecule has 0 radical (unpaired) electrons. The van der Waals surface area contributed by atoms with Gasteiger partial charge in [0.2, 0.25) is 11.8 Å². The van der Waals surface area contributed by atoms with Gasteiger partial charge in [-0.15, -0.1) is 0 Å². The molecule has 0 saturated carbocycles. The van der Waals surface area contributed by atoms with E-state index in [4.69, 9.17) is 0 Å². The van der Waals surface area contributed by atoms with Crippen LogP contribution in [0, 0.1) is 0 Å². The number of fused-ring (bicyclic) bond motifs is 1. The van der Waals surface area contributed by atoms with Gasteiger partial charge in [-0.3, -0.25) is 19.4 Å². The highest BCUT2D eigenvalue weighted by atomic mass is 16.2. The number of amides is 3. The van der Waals surface area contributed by atoms with E-state index in [1.165, 1.54) is 9.80 Å². The maximum absolute atomic E-state index is 12.8. The molecule has 1 fully saturated rings. The minimum absolute atomic E-state index is 0.0194. The summed E-state index contributed by atoms with van der Waals surface area (Å²) in [7, 11) is 0. The van der Waals surface area contributed by atoms with Crippen molar-refractivity contribution in [3.8, 4) is 0 Å². The van der Waals surface area contributed by atoms with Gasteiger partial charge >= 0.3 is 0 Å². The number of hydrogen-bond acceptors (Lipinski definition) is 4. The lowest BCUT2D eigenvalue weighted by molar-refractivity contribution is -0.139. The predicted molar refractivity (Wildman–Crippen MR) is 97.5 cm³/mol. The molecule has 3 amide bonds. The van der Waals surface area contributed by atoms with E-state index in [0.717, 1.165) is 10.8 Å². The SMILES string of the molecule is CC(C)NC(=O)CN1CCN(C(=O)c2nccc3ccccc23)CC1=O. The predicted octanol–water partition coefficient (Wildman–Crippen LogP) is 1.04. The van der Waals surface area contributed by atoms with Crippen LogP contribution >= 0.6 is 0 Å². The standard InChI is InChI=1S/C19H22N4O3/c1-13(2)21-16(24)11-22-9-10-23(12-17(22)25)19(26)18-15-6-4-3-5-14(15)7-8-20-18/h3-8,13H,9-12H2,1-2H3,(H,21,24). The summed E-state index contributed by atoms with van der Waals surface area (Å²) < 4.78 is 0. The molecule has 3 rings (SSSR count). The van der Waals surface area contributed by atoms with E-state index in [1.807, 2.05) is 44.2 Å². The highest BCUT2D eigenvalue weighted by molar-refractivity contribution is 6.06. The molecule has 1 aromatic heterocycles. The summed E-state index contributed by atoms with van der Waals surface area (Å²) >= 11 is 0. The van der Waals surface area contributed by atoms with Crippen LogP contribution < -0.4 is 5.32 Å². The number of carbonyl (C=O) groups excluding carboxylic acids is 3. The summed E-state index contributed by atoms with van der Waals surface area (Å²) in [5, 5.41) is 4.47. The van der Waals surface area contributed by atoms with Crippen LogP contribution in [0.15, 0.2) is 36.5 Å². The number of piperazine rings is 1. The minimum Gasteiger partial charge on any atom is -0.352 e. The Morgan fingerprint density at radius 1 is 1.19 bits per heavy atom. The largest absolute Gasteiger partial charge is 0.352 e. The highest BCUT2D eigenvalue weighted by Gasteiger charge is 2.30. The normalized spacial score (nSPS) is 14.8. The van der Waals surface area contributed by atoms with E-state index in [-0.39, 0.29) is 36.9 Å². The van der Waals surface area contributed by atoms with Gasteiger partial charge in [0.05, 0.1) is 6.54 Å². The molecule has 1 N–H and O–H groups in total. The van der Waals surface area contributed by atoms with Gasteiger partial charge < -0.3 is 15.1 Å². The van der Waals surface area contributed by atoms with Crippen molar-refractivity contribution in [3.05, 3.63) is 42.2 Å². The molecule has 7 heteroatoms. The summed E-state index contributed by atoms with van der Waals surface area (Å²) in [5.41, 5.74) is 0.349. The lowest BCUT2D eigenvalue weighted by Gasteiger charge is -2.34. The molecule has 0 spiro atoms. The van der Waals surface area contributed by atoms with Crippen LogP contribution in [0.3, 0.4) is 0 Å². The zero-order valence-electron chi connectivity index (χ0n) is 14.9. The Hall–Kier alpha value is -2.96. The number of rotatable bonds is 4. The number of benzene rings is 1. The molecule has 1 aliphatic heterocycles. The number of pyridine rings is 1. The maximum atomic E-state index is 12.8. The third-order valence-electron chi connectivity index (χ3n) is 4.27. The van der Waals surface area contributed by atoms with Crippen molar-refractivity contribution in [3.63, 3.8) is 0 Å². The second-order valence-electron chi connectivity index (χ2n) is 6.64. The van der Waals surface area contributed by atoms with Gasteiger partial charge in [0, 0.05) is 30.7 Å². The molecule has 0 unspecified atom stereocenters. The fraction of sp³-hybridized carbons (Fsp3) is 0.368. The number of hydrogen-bond donors (Lipinski definition) is 1. The van der Waals surface area contributed by atoms with Crippen molar-refractivity contribution >= 4 is 28.5 Å². The molecular formula is C19H22N4O3. The highest BCUT2D eigenvalue weighted by Crippen LogP contribution is 2.18. The molecule has 0 bridgehead atoms. The number of aromatic nitrogens is 1. The van der Waals surface area contributed by atoms with E-state index in [2.05, 4.69) is 10.3 Å². The Labute approximate surface area is 152 Å². The van der Waals surface area contributed by atoms with Gasteiger partial charge in [-0.1, -0.05) is 24.3 Å². The second-order valence-corrected chi connectivity index (χ2v) is 6.64. The molecule has 2 aromatic rings. The molecule has 2 heterocycles. The summed E-state index contributed by atoms with van der Waals surface area (Å²) in [4.78, 5) is 44.3. The van der Waals surface area contributed by atoms with Gasteiger partial charge in [-0.25, -0.2) is 0 Å². The van der Waals surface area contributed by atoms with E-state index >= 15 is 0 Å². The Kier molecular flexibility index (Phi) is 5.16. The molecule has 1 saturated heterocycles. The molecular weight excluding hydrogens is 332 g/mol. The van der Waals surface area contributed by atoms with Crippen molar-refractivity contribution in [2.75, 3.05) is 26.2 Å². The topological polar surface area (TPSA) is 82.6 Å². The lowest BCUT2D eigenvalue weighted by Crippen LogP contribution is -2.54. The molecule has 1 aliphatic rings. The average Bonchev–Trinajstić information content (AvgIpc) is 2.61. The molecule has 1 aromatic carbocycles. The van der Waals surface area contributed by atoms with E-state index in [0.29, 0.717) is 18.8 Å². The summed E-state index contributed by atoms with van der Waals surface area (Å²) in [6.45, 7) is 4.43. The smallest absolute Gasteiger partial charge is 0.273 e. The summed E-state index contributed by atoms with van der Waals surface area (Å²) in [6.07, 6.45) is 1.60. The van der Waals surface area contributed by atoms with Crippen LogP contribution in [0.25, 0.3) is 10.8 Å². The molecule has 26 heavy (non-hydrogen) atoms. The molecule has 136 valence electrons. The zero-order valence-corrected chi connectivity index (χ0v) is 14.9. The van der Waals surface area contributed by atoms with E-state index in [9.17, 15) is 14.4 Å². The fourth-order valence-electron chi connectivity index (χ4n) is 3.03. The van der Waals surface area contributed by atoms with Gasteiger partial charge in [-0.2, -0.15) is 0 Å². The third kappa shape index (κ3) is 3.82. The summed E-state index contributed by atoms with van der Waals surface area (Å²) in [6, 6.07) is 9.41. The number of nitrogens with one attached hydrogen (secondary N) is 1. The van der Waals surface area contributed by atoms with Crippen molar-refractivity contribution in [2.24, 2.45) is 0 Å². The van der Waals surface area contributed by atoms with Gasteiger partial charge in [0.25, 0.3) is 5.91 Å². The molecule has 0 aliphatic carbocycles. The Balaban J connectivity index is 1.69. The first-order valence-electron chi connectivity index (χ1n) is 8.66. The van der Waals surface area contributed by atoms with Crippen LogP contribution in [0.2, 0.25) is 0 Å². The van der Waals surface area contributed by atoms with Crippen LogP contribution in [-0.4, -0.2) is 64.7 Å². The van der Waals surface area contributed by atoms with Gasteiger partial charge in [-0.05, 0) is 25.3 Å². The number of carbonyl (C=O) groups is 3. The maximum Gasteiger partial charge on any atom is 0.273 e. The Morgan fingerprint density at radius 3 is 2.69 bits per heavy atom. The van der Waals surface area contributed by atoms with Crippen LogP contribution in [0.1, 0.15) is 24.3 Å². The lowest BCUT2D eigenvalue weighted by atomic mass is 10.1. The van der Waals surface area contributed by atoms with Crippen molar-refractivity contribution < 1.29 is 14.4 Å². The third-order valence-corrected chi connectivity index (χ3v) is 4.27.